The maximum absolute atomic E-state index is 14.1. The number of nitrogen functional groups attached to an aromatic ring is 1. The minimum Gasteiger partial charge on any atom is -0.481 e. The van der Waals surface area contributed by atoms with Gasteiger partial charge in [0, 0.05) is 23.5 Å². The van der Waals surface area contributed by atoms with Crippen LogP contribution >= 0.6 is 0 Å². The van der Waals surface area contributed by atoms with Crippen molar-refractivity contribution in [3.63, 3.8) is 0 Å². The van der Waals surface area contributed by atoms with Crippen LogP contribution < -0.4 is 10.5 Å². The third kappa shape index (κ3) is 2.43. The number of benzene rings is 1. The number of hydrogen-bond donors (Lipinski definition) is 1. The van der Waals surface area contributed by atoms with Gasteiger partial charge in [0.1, 0.15) is 0 Å². The van der Waals surface area contributed by atoms with E-state index in [1.165, 1.54) is 19.4 Å². The fourth-order valence-electron chi connectivity index (χ4n) is 2.10. The van der Waals surface area contributed by atoms with Gasteiger partial charge < -0.3 is 10.5 Å². The van der Waals surface area contributed by atoms with Crippen LogP contribution in [0.25, 0.3) is 11.1 Å². The van der Waals surface area contributed by atoms with E-state index in [4.69, 9.17) is 10.5 Å². The third-order valence-electron chi connectivity index (χ3n) is 3.15. The zero-order valence-electron chi connectivity index (χ0n) is 11.6. The number of ether oxygens (including phenoxy) is 1. The van der Waals surface area contributed by atoms with Gasteiger partial charge >= 0.3 is 0 Å². The van der Waals surface area contributed by atoms with Crippen molar-refractivity contribution in [3.05, 3.63) is 41.6 Å². The molecule has 1 aromatic heterocycles. The Morgan fingerprint density at radius 1 is 1.25 bits per heavy atom. The molecule has 0 spiro atoms. The molecular formula is C15H16F2N2O. The molecule has 0 aliphatic heterocycles. The van der Waals surface area contributed by atoms with Gasteiger partial charge in [0.05, 0.1) is 7.11 Å². The molecule has 2 N–H and O–H groups in total. The number of halogens is 2. The van der Waals surface area contributed by atoms with Crippen molar-refractivity contribution in [2.45, 2.75) is 19.8 Å². The van der Waals surface area contributed by atoms with E-state index in [0.717, 1.165) is 6.07 Å². The molecular weight excluding hydrogens is 262 g/mol. The second kappa shape index (κ2) is 5.45. The molecule has 1 heterocycles. The molecule has 0 atom stereocenters. The number of aromatic nitrogens is 1. The summed E-state index contributed by atoms with van der Waals surface area (Å²) in [5.41, 5.74) is 7.32. The number of anilines is 1. The van der Waals surface area contributed by atoms with Crippen molar-refractivity contribution in [2.75, 3.05) is 12.8 Å². The molecule has 0 saturated heterocycles. The first-order chi connectivity index (χ1) is 9.45. The molecule has 20 heavy (non-hydrogen) atoms. The summed E-state index contributed by atoms with van der Waals surface area (Å²) in [5, 5.41) is 0. The van der Waals surface area contributed by atoms with Crippen LogP contribution in [0, 0.1) is 11.6 Å². The monoisotopic (exact) mass is 278 g/mol. The standard InChI is InChI=1S/C15H16F2N2O/c1-8(2)10-7-11(16)14(17)13(15(10)18)9-4-5-19-12(6-9)20-3/h4-8H,18H2,1-3H3. The predicted molar refractivity (Wildman–Crippen MR) is 74.6 cm³/mol. The highest BCUT2D eigenvalue weighted by molar-refractivity contribution is 5.80. The molecule has 0 unspecified atom stereocenters. The van der Waals surface area contributed by atoms with E-state index in [-0.39, 0.29) is 17.2 Å². The highest BCUT2D eigenvalue weighted by Crippen LogP contribution is 2.36. The van der Waals surface area contributed by atoms with Crippen molar-refractivity contribution < 1.29 is 13.5 Å². The van der Waals surface area contributed by atoms with Crippen LogP contribution in [-0.4, -0.2) is 12.1 Å². The molecule has 0 radical (unpaired) electrons. The SMILES string of the molecule is COc1cc(-c2c(N)c(C(C)C)cc(F)c2F)ccn1. The molecule has 0 aliphatic rings. The van der Waals surface area contributed by atoms with Crippen molar-refractivity contribution in [2.24, 2.45) is 0 Å². The molecule has 0 bridgehead atoms. The largest absolute Gasteiger partial charge is 0.481 e. The lowest BCUT2D eigenvalue weighted by atomic mass is 9.94. The van der Waals surface area contributed by atoms with E-state index in [0.29, 0.717) is 17.0 Å². The highest BCUT2D eigenvalue weighted by atomic mass is 19.2. The average molecular weight is 278 g/mol. The van der Waals surface area contributed by atoms with Crippen molar-refractivity contribution in [3.8, 4) is 17.0 Å². The number of pyridine rings is 1. The Bertz CT molecular complexity index is 642. The Kier molecular flexibility index (Phi) is 3.88. The maximum atomic E-state index is 14.1. The second-order valence-electron chi connectivity index (χ2n) is 4.79. The number of methoxy groups -OCH3 is 1. The zero-order chi connectivity index (χ0) is 14.9. The Morgan fingerprint density at radius 2 is 1.95 bits per heavy atom. The van der Waals surface area contributed by atoms with Gasteiger partial charge in [-0.05, 0) is 29.2 Å². The minimum atomic E-state index is -0.958. The topological polar surface area (TPSA) is 48.1 Å². The number of nitrogens with two attached hydrogens (primary N) is 1. The quantitative estimate of drug-likeness (QED) is 0.870. The third-order valence-corrected chi connectivity index (χ3v) is 3.15. The number of hydrogen-bond acceptors (Lipinski definition) is 3. The molecule has 3 nitrogen and oxygen atoms in total. The molecule has 0 fully saturated rings. The van der Waals surface area contributed by atoms with Gasteiger partial charge in [-0.15, -0.1) is 0 Å². The van der Waals surface area contributed by atoms with Crippen molar-refractivity contribution in [1.82, 2.24) is 4.98 Å². The predicted octanol–water partition coefficient (Wildman–Crippen LogP) is 3.74. The smallest absolute Gasteiger partial charge is 0.213 e. The lowest BCUT2D eigenvalue weighted by molar-refractivity contribution is 0.398. The van der Waals surface area contributed by atoms with Gasteiger partial charge in [-0.2, -0.15) is 0 Å². The van der Waals surface area contributed by atoms with Crippen molar-refractivity contribution >= 4 is 5.69 Å². The van der Waals surface area contributed by atoms with Gasteiger partial charge in [0.25, 0.3) is 0 Å². The molecule has 2 rings (SSSR count). The summed E-state index contributed by atoms with van der Waals surface area (Å²) < 4.78 is 32.9. The molecule has 106 valence electrons. The number of nitrogens with zero attached hydrogens (tertiary/aromatic N) is 1. The van der Waals surface area contributed by atoms with Crippen LogP contribution in [0.4, 0.5) is 14.5 Å². The fourth-order valence-corrected chi connectivity index (χ4v) is 2.10. The summed E-state index contributed by atoms with van der Waals surface area (Å²) >= 11 is 0. The summed E-state index contributed by atoms with van der Waals surface area (Å²) in [7, 11) is 1.46. The van der Waals surface area contributed by atoms with E-state index in [1.807, 2.05) is 13.8 Å². The summed E-state index contributed by atoms with van der Waals surface area (Å²) in [6.45, 7) is 3.75. The van der Waals surface area contributed by atoms with E-state index < -0.39 is 11.6 Å². The fraction of sp³-hybridized carbons (Fsp3) is 0.267. The molecule has 0 saturated carbocycles. The average Bonchev–Trinajstić information content (AvgIpc) is 2.43. The van der Waals surface area contributed by atoms with Gasteiger partial charge in [-0.1, -0.05) is 13.8 Å². The summed E-state index contributed by atoms with van der Waals surface area (Å²) in [6, 6.07) is 4.25. The van der Waals surface area contributed by atoms with Crippen LogP contribution in [0.1, 0.15) is 25.3 Å². The Labute approximate surface area is 116 Å². The maximum Gasteiger partial charge on any atom is 0.213 e. The van der Waals surface area contributed by atoms with Crippen LogP contribution in [0.3, 0.4) is 0 Å². The zero-order valence-corrected chi connectivity index (χ0v) is 11.6. The Hall–Kier alpha value is -2.17. The molecule has 1 aromatic carbocycles. The summed E-state index contributed by atoms with van der Waals surface area (Å²) in [4.78, 5) is 3.94. The lowest BCUT2D eigenvalue weighted by Gasteiger charge is -2.16. The van der Waals surface area contributed by atoms with E-state index in [1.54, 1.807) is 6.07 Å². The first kappa shape index (κ1) is 14.2. The van der Waals surface area contributed by atoms with Crippen molar-refractivity contribution in [1.29, 1.82) is 0 Å². The number of rotatable bonds is 3. The lowest BCUT2D eigenvalue weighted by Crippen LogP contribution is -2.04. The van der Waals surface area contributed by atoms with Gasteiger partial charge in [-0.3, -0.25) is 0 Å². The minimum absolute atomic E-state index is 0.00687. The first-order valence-corrected chi connectivity index (χ1v) is 6.23. The Balaban J connectivity index is 2.72. The van der Waals surface area contributed by atoms with Crippen LogP contribution in [0.2, 0.25) is 0 Å². The second-order valence-corrected chi connectivity index (χ2v) is 4.79. The van der Waals surface area contributed by atoms with Gasteiger partial charge in [-0.25, -0.2) is 13.8 Å². The van der Waals surface area contributed by atoms with Crippen LogP contribution in [0.15, 0.2) is 24.4 Å². The Morgan fingerprint density at radius 3 is 2.55 bits per heavy atom. The van der Waals surface area contributed by atoms with E-state index >= 15 is 0 Å². The summed E-state index contributed by atoms with van der Waals surface area (Å²) in [5.74, 6) is -1.56. The van der Waals surface area contributed by atoms with Gasteiger partial charge in [0.15, 0.2) is 11.6 Å². The van der Waals surface area contributed by atoms with E-state index in [9.17, 15) is 8.78 Å². The molecule has 0 aliphatic carbocycles. The molecule has 2 aromatic rings. The first-order valence-electron chi connectivity index (χ1n) is 6.23. The highest BCUT2D eigenvalue weighted by Gasteiger charge is 2.20. The van der Waals surface area contributed by atoms with Crippen LogP contribution in [0.5, 0.6) is 5.88 Å². The normalized spacial score (nSPS) is 10.9. The molecule has 0 amide bonds. The van der Waals surface area contributed by atoms with Crippen LogP contribution in [-0.2, 0) is 0 Å². The molecule has 5 heteroatoms. The van der Waals surface area contributed by atoms with Gasteiger partial charge in [0.2, 0.25) is 5.88 Å². The summed E-state index contributed by atoms with van der Waals surface area (Å²) in [6.07, 6.45) is 1.47. The van der Waals surface area contributed by atoms with E-state index in [2.05, 4.69) is 4.98 Å².